The largest absolute Gasteiger partial charge is 0.481 e. The van der Waals surface area contributed by atoms with E-state index in [0.717, 1.165) is 12.0 Å². The predicted molar refractivity (Wildman–Crippen MR) is 82.8 cm³/mol. The number of benzene rings is 1. The van der Waals surface area contributed by atoms with Crippen molar-refractivity contribution in [3.8, 4) is 5.75 Å². The first-order chi connectivity index (χ1) is 10.5. The summed E-state index contributed by atoms with van der Waals surface area (Å²) >= 11 is 0. The van der Waals surface area contributed by atoms with E-state index in [9.17, 15) is 9.59 Å². The molecular weight excluding hydrogens is 282 g/mol. The molecular formula is C17H23NO4. The Balaban J connectivity index is 2.05. The van der Waals surface area contributed by atoms with Gasteiger partial charge in [-0.05, 0) is 37.8 Å². The lowest BCUT2D eigenvalue weighted by Gasteiger charge is -2.33. The van der Waals surface area contributed by atoms with Crippen LogP contribution < -0.4 is 4.74 Å². The maximum Gasteiger partial charge on any atom is 0.308 e. The Labute approximate surface area is 130 Å². The van der Waals surface area contributed by atoms with Gasteiger partial charge in [-0.25, -0.2) is 0 Å². The Morgan fingerprint density at radius 3 is 2.77 bits per heavy atom. The molecule has 1 aromatic rings. The SMILES string of the molecule is CCC(Oc1ccccc1C)C(=O)N1CCC[C@H](C(=O)O)C1. The second-order valence-electron chi connectivity index (χ2n) is 5.74. The fourth-order valence-corrected chi connectivity index (χ4v) is 2.73. The summed E-state index contributed by atoms with van der Waals surface area (Å²) in [4.78, 5) is 25.4. The molecule has 1 aliphatic heterocycles. The molecule has 1 fully saturated rings. The summed E-state index contributed by atoms with van der Waals surface area (Å²) in [6.07, 6.45) is 1.35. The molecule has 0 aliphatic carbocycles. The van der Waals surface area contributed by atoms with E-state index in [1.165, 1.54) is 0 Å². The Bertz CT molecular complexity index is 543. The third kappa shape index (κ3) is 3.78. The number of carbonyl (C=O) groups is 2. The van der Waals surface area contributed by atoms with E-state index >= 15 is 0 Å². The number of aliphatic carboxylic acids is 1. The smallest absolute Gasteiger partial charge is 0.308 e. The van der Waals surface area contributed by atoms with Crippen LogP contribution in [0.25, 0.3) is 0 Å². The first-order valence-corrected chi connectivity index (χ1v) is 7.76. The molecule has 2 rings (SSSR count). The normalized spacial score (nSPS) is 19.5. The van der Waals surface area contributed by atoms with Gasteiger partial charge in [-0.3, -0.25) is 9.59 Å². The topological polar surface area (TPSA) is 66.8 Å². The van der Waals surface area contributed by atoms with E-state index in [4.69, 9.17) is 9.84 Å². The lowest BCUT2D eigenvalue weighted by Crippen LogP contribution is -2.48. The molecule has 0 saturated carbocycles. The number of amides is 1. The van der Waals surface area contributed by atoms with Gasteiger partial charge in [-0.15, -0.1) is 0 Å². The zero-order valence-electron chi connectivity index (χ0n) is 13.1. The van der Waals surface area contributed by atoms with Crippen LogP contribution in [0.3, 0.4) is 0 Å². The Morgan fingerprint density at radius 1 is 1.41 bits per heavy atom. The van der Waals surface area contributed by atoms with Crippen molar-refractivity contribution in [3.05, 3.63) is 29.8 Å². The third-order valence-corrected chi connectivity index (χ3v) is 4.09. The molecule has 22 heavy (non-hydrogen) atoms. The number of carbonyl (C=O) groups excluding carboxylic acids is 1. The number of nitrogens with zero attached hydrogens (tertiary/aromatic N) is 1. The molecule has 120 valence electrons. The fraction of sp³-hybridized carbons (Fsp3) is 0.529. The first kappa shape index (κ1) is 16.3. The van der Waals surface area contributed by atoms with E-state index in [0.29, 0.717) is 25.1 Å². The van der Waals surface area contributed by atoms with Gasteiger partial charge in [0.1, 0.15) is 5.75 Å². The highest BCUT2D eigenvalue weighted by Gasteiger charge is 2.32. The molecule has 1 aromatic carbocycles. The highest BCUT2D eigenvalue weighted by molar-refractivity contribution is 5.82. The third-order valence-electron chi connectivity index (χ3n) is 4.09. The first-order valence-electron chi connectivity index (χ1n) is 7.76. The van der Waals surface area contributed by atoms with Crippen LogP contribution in [0, 0.1) is 12.8 Å². The van der Waals surface area contributed by atoms with E-state index in [1.807, 2.05) is 38.1 Å². The van der Waals surface area contributed by atoms with Gasteiger partial charge in [0.15, 0.2) is 6.10 Å². The molecule has 1 amide bonds. The van der Waals surface area contributed by atoms with Gasteiger partial charge >= 0.3 is 5.97 Å². The minimum absolute atomic E-state index is 0.114. The number of carboxylic acids is 1. The summed E-state index contributed by atoms with van der Waals surface area (Å²) in [5, 5.41) is 9.14. The van der Waals surface area contributed by atoms with Crippen molar-refractivity contribution < 1.29 is 19.4 Å². The summed E-state index contributed by atoms with van der Waals surface area (Å²) in [5.41, 5.74) is 0.982. The average molecular weight is 305 g/mol. The van der Waals surface area contributed by atoms with Gasteiger partial charge in [-0.1, -0.05) is 25.1 Å². The summed E-state index contributed by atoms with van der Waals surface area (Å²) in [6.45, 7) is 4.73. The van der Waals surface area contributed by atoms with Crippen LogP contribution in [0.4, 0.5) is 0 Å². The maximum atomic E-state index is 12.6. The average Bonchev–Trinajstić information content (AvgIpc) is 2.53. The van der Waals surface area contributed by atoms with Gasteiger partial charge in [0.05, 0.1) is 5.92 Å². The summed E-state index contributed by atoms with van der Waals surface area (Å²) in [6, 6.07) is 7.59. The molecule has 1 saturated heterocycles. The Kier molecular flexibility index (Phi) is 5.41. The number of ether oxygens (including phenoxy) is 1. The standard InChI is InChI=1S/C17H23NO4/c1-3-14(22-15-9-5-4-7-12(15)2)16(19)18-10-6-8-13(11-18)17(20)21/h4-5,7,9,13-14H,3,6,8,10-11H2,1-2H3,(H,20,21)/t13-,14?/m0/s1. The predicted octanol–water partition coefficient (Wildman–Crippen LogP) is 2.48. The molecule has 1 heterocycles. The van der Waals surface area contributed by atoms with Crippen LogP contribution in [-0.4, -0.2) is 41.1 Å². The zero-order chi connectivity index (χ0) is 16.1. The van der Waals surface area contributed by atoms with Gasteiger partial charge in [0, 0.05) is 13.1 Å². The van der Waals surface area contributed by atoms with Crippen LogP contribution in [0.5, 0.6) is 5.75 Å². The lowest BCUT2D eigenvalue weighted by atomic mass is 9.97. The quantitative estimate of drug-likeness (QED) is 0.907. The molecule has 5 heteroatoms. The van der Waals surface area contributed by atoms with E-state index in [1.54, 1.807) is 4.90 Å². The Morgan fingerprint density at radius 2 is 2.14 bits per heavy atom. The van der Waals surface area contributed by atoms with Gasteiger partial charge in [0.2, 0.25) is 0 Å². The maximum absolute atomic E-state index is 12.6. The number of hydrogen-bond acceptors (Lipinski definition) is 3. The Hall–Kier alpha value is -2.04. The summed E-state index contributed by atoms with van der Waals surface area (Å²) < 4.78 is 5.87. The van der Waals surface area contributed by atoms with Crippen molar-refractivity contribution in [1.29, 1.82) is 0 Å². The second kappa shape index (κ2) is 7.29. The number of carboxylic acid groups (broad SMARTS) is 1. The number of hydrogen-bond donors (Lipinski definition) is 1. The van der Waals surface area contributed by atoms with Crippen molar-refractivity contribution in [2.24, 2.45) is 5.92 Å². The highest BCUT2D eigenvalue weighted by atomic mass is 16.5. The van der Waals surface area contributed by atoms with E-state index < -0.39 is 18.0 Å². The van der Waals surface area contributed by atoms with Crippen molar-refractivity contribution in [2.75, 3.05) is 13.1 Å². The molecule has 1 aliphatic rings. The number of rotatable bonds is 5. The lowest BCUT2D eigenvalue weighted by molar-refractivity contribution is -0.148. The molecule has 5 nitrogen and oxygen atoms in total. The zero-order valence-corrected chi connectivity index (χ0v) is 13.1. The van der Waals surface area contributed by atoms with E-state index in [-0.39, 0.29) is 12.5 Å². The molecule has 0 spiro atoms. The highest BCUT2D eigenvalue weighted by Crippen LogP contribution is 2.22. The summed E-state index contributed by atoms with van der Waals surface area (Å²) in [7, 11) is 0. The van der Waals surface area contributed by atoms with Crippen molar-refractivity contribution in [3.63, 3.8) is 0 Å². The minimum Gasteiger partial charge on any atom is -0.481 e. The van der Waals surface area contributed by atoms with Crippen LogP contribution >= 0.6 is 0 Å². The minimum atomic E-state index is -0.828. The summed E-state index contributed by atoms with van der Waals surface area (Å²) in [5.74, 6) is -0.703. The number of likely N-dealkylation sites (tertiary alicyclic amines) is 1. The molecule has 0 bridgehead atoms. The van der Waals surface area contributed by atoms with Crippen LogP contribution in [0.2, 0.25) is 0 Å². The van der Waals surface area contributed by atoms with Crippen molar-refractivity contribution in [2.45, 2.75) is 39.2 Å². The van der Waals surface area contributed by atoms with E-state index in [2.05, 4.69) is 0 Å². The van der Waals surface area contributed by atoms with Gasteiger partial charge in [0.25, 0.3) is 5.91 Å². The van der Waals surface area contributed by atoms with Crippen molar-refractivity contribution in [1.82, 2.24) is 4.90 Å². The number of aryl methyl sites for hydroxylation is 1. The molecule has 1 N–H and O–H groups in total. The monoisotopic (exact) mass is 305 g/mol. The van der Waals surface area contributed by atoms with Crippen molar-refractivity contribution >= 4 is 11.9 Å². The van der Waals surface area contributed by atoms with Crippen LogP contribution in [0.1, 0.15) is 31.7 Å². The molecule has 0 aromatic heterocycles. The number of para-hydroxylation sites is 1. The van der Waals surface area contributed by atoms with Crippen LogP contribution in [0.15, 0.2) is 24.3 Å². The molecule has 0 radical (unpaired) electrons. The fourth-order valence-electron chi connectivity index (χ4n) is 2.73. The van der Waals surface area contributed by atoms with Gasteiger partial charge in [-0.2, -0.15) is 0 Å². The number of piperidine rings is 1. The van der Waals surface area contributed by atoms with Crippen LogP contribution in [-0.2, 0) is 9.59 Å². The molecule has 1 unspecified atom stereocenters. The second-order valence-corrected chi connectivity index (χ2v) is 5.74. The van der Waals surface area contributed by atoms with Gasteiger partial charge < -0.3 is 14.7 Å². The molecule has 2 atom stereocenters.